The molecule has 0 saturated heterocycles. The zero-order valence-corrected chi connectivity index (χ0v) is 9.04. The third kappa shape index (κ3) is 3.03. The van der Waals surface area contributed by atoms with E-state index in [1.807, 2.05) is 0 Å². The van der Waals surface area contributed by atoms with Crippen molar-refractivity contribution in [2.75, 3.05) is 12.5 Å². The standard InChI is InChI=1S/C9H9ClN2O4/c1-16-9(15)12-11-7-4-5(8(13)14)2-3-6(7)10/h2-4,11H,1H3,(H,12,15)(H,13,14). The lowest BCUT2D eigenvalue weighted by atomic mass is 10.2. The number of hydrogen-bond donors (Lipinski definition) is 3. The fraction of sp³-hybridized carbons (Fsp3) is 0.111. The molecule has 0 radical (unpaired) electrons. The number of aromatic carboxylic acids is 1. The van der Waals surface area contributed by atoms with Crippen LogP contribution in [0.4, 0.5) is 10.5 Å². The van der Waals surface area contributed by atoms with Crippen LogP contribution in [0.25, 0.3) is 0 Å². The van der Waals surface area contributed by atoms with E-state index in [-0.39, 0.29) is 16.3 Å². The summed E-state index contributed by atoms with van der Waals surface area (Å²) in [5.41, 5.74) is 4.93. The normalized spacial score (nSPS) is 9.38. The summed E-state index contributed by atoms with van der Waals surface area (Å²) in [6.07, 6.45) is -0.711. The van der Waals surface area contributed by atoms with Crippen molar-refractivity contribution in [3.8, 4) is 0 Å². The number of carboxylic acids is 1. The lowest BCUT2D eigenvalue weighted by Gasteiger charge is -2.09. The van der Waals surface area contributed by atoms with Gasteiger partial charge in [0.15, 0.2) is 0 Å². The summed E-state index contributed by atoms with van der Waals surface area (Å²) in [5, 5.41) is 9.02. The molecule has 1 aromatic rings. The van der Waals surface area contributed by atoms with Gasteiger partial charge in [-0.3, -0.25) is 5.43 Å². The number of nitrogens with one attached hydrogen (secondary N) is 2. The average molecular weight is 245 g/mol. The predicted octanol–water partition coefficient (Wildman–Crippen LogP) is 1.72. The molecule has 86 valence electrons. The SMILES string of the molecule is COC(=O)NNc1cc(C(=O)O)ccc1Cl. The number of rotatable bonds is 3. The van der Waals surface area contributed by atoms with Crippen molar-refractivity contribution in [2.24, 2.45) is 0 Å². The first kappa shape index (κ1) is 12.1. The monoisotopic (exact) mass is 244 g/mol. The Kier molecular flexibility index (Phi) is 3.96. The van der Waals surface area contributed by atoms with Gasteiger partial charge in [0.05, 0.1) is 23.4 Å². The molecule has 0 bridgehead atoms. The molecular formula is C9H9ClN2O4. The Morgan fingerprint density at radius 1 is 1.44 bits per heavy atom. The van der Waals surface area contributed by atoms with E-state index in [2.05, 4.69) is 15.6 Å². The Bertz CT molecular complexity index is 422. The van der Waals surface area contributed by atoms with Crippen LogP contribution in [0.1, 0.15) is 10.4 Å². The van der Waals surface area contributed by atoms with Gasteiger partial charge in [-0.05, 0) is 18.2 Å². The maximum atomic E-state index is 10.8. The molecule has 0 saturated carbocycles. The van der Waals surface area contributed by atoms with Crippen LogP contribution in [-0.4, -0.2) is 24.3 Å². The second-order valence-corrected chi connectivity index (χ2v) is 3.15. The van der Waals surface area contributed by atoms with Crippen molar-refractivity contribution in [3.05, 3.63) is 28.8 Å². The molecule has 3 N–H and O–H groups in total. The summed E-state index contributed by atoms with van der Waals surface area (Å²) in [4.78, 5) is 21.4. The molecule has 0 spiro atoms. The summed E-state index contributed by atoms with van der Waals surface area (Å²) in [6.45, 7) is 0. The maximum Gasteiger partial charge on any atom is 0.425 e. The molecule has 16 heavy (non-hydrogen) atoms. The topological polar surface area (TPSA) is 87.7 Å². The molecule has 1 aromatic carbocycles. The third-order valence-electron chi connectivity index (χ3n) is 1.70. The van der Waals surface area contributed by atoms with Crippen LogP contribution in [0, 0.1) is 0 Å². The van der Waals surface area contributed by atoms with Crippen LogP contribution >= 0.6 is 11.6 Å². The molecule has 0 aliphatic rings. The number of amides is 1. The molecule has 1 rings (SSSR count). The van der Waals surface area contributed by atoms with Gasteiger partial charge in [0.25, 0.3) is 0 Å². The van der Waals surface area contributed by atoms with Crippen molar-refractivity contribution in [3.63, 3.8) is 0 Å². The maximum absolute atomic E-state index is 10.8. The van der Waals surface area contributed by atoms with Crippen LogP contribution < -0.4 is 10.9 Å². The molecule has 0 heterocycles. The minimum Gasteiger partial charge on any atom is -0.478 e. The first-order valence-corrected chi connectivity index (χ1v) is 4.55. The lowest BCUT2D eigenvalue weighted by Crippen LogP contribution is -2.29. The van der Waals surface area contributed by atoms with E-state index in [4.69, 9.17) is 16.7 Å². The van der Waals surface area contributed by atoms with Crippen LogP contribution in [0.5, 0.6) is 0 Å². The fourth-order valence-corrected chi connectivity index (χ4v) is 1.09. The van der Waals surface area contributed by atoms with Crippen molar-refractivity contribution in [2.45, 2.75) is 0 Å². The van der Waals surface area contributed by atoms with Gasteiger partial charge in [-0.1, -0.05) is 11.6 Å². The van der Waals surface area contributed by atoms with Crippen molar-refractivity contribution in [1.29, 1.82) is 0 Å². The molecule has 7 heteroatoms. The van der Waals surface area contributed by atoms with Crippen molar-refractivity contribution >= 4 is 29.4 Å². The number of ether oxygens (including phenoxy) is 1. The number of halogens is 1. The minimum atomic E-state index is -1.09. The van der Waals surface area contributed by atoms with E-state index in [9.17, 15) is 9.59 Å². The summed E-state index contributed by atoms with van der Waals surface area (Å²) in [7, 11) is 1.20. The van der Waals surface area contributed by atoms with Crippen LogP contribution in [0.3, 0.4) is 0 Å². The van der Waals surface area contributed by atoms with Gasteiger partial charge < -0.3 is 9.84 Å². The second kappa shape index (κ2) is 5.22. The number of methoxy groups -OCH3 is 1. The molecule has 0 atom stereocenters. The summed E-state index contributed by atoms with van der Waals surface area (Å²) in [5.74, 6) is -1.09. The Morgan fingerprint density at radius 3 is 2.69 bits per heavy atom. The summed E-state index contributed by atoms with van der Waals surface area (Å²) in [6, 6.07) is 4.06. The van der Waals surface area contributed by atoms with Gasteiger partial charge in [0.1, 0.15) is 0 Å². The first-order chi connectivity index (χ1) is 7.54. The zero-order chi connectivity index (χ0) is 12.1. The number of benzene rings is 1. The highest BCUT2D eigenvalue weighted by atomic mass is 35.5. The number of carbonyl (C=O) groups excluding carboxylic acids is 1. The van der Waals surface area contributed by atoms with Gasteiger partial charge >= 0.3 is 12.1 Å². The Morgan fingerprint density at radius 2 is 2.12 bits per heavy atom. The van der Waals surface area contributed by atoms with E-state index in [1.54, 1.807) is 0 Å². The first-order valence-electron chi connectivity index (χ1n) is 4.17. The second-order valence-electron chi connectivity index (χ2n) is 2.74. The van der Waals surface area contributed by atoms with Gasteiger partial charge in [0.2, 0.25) is 0 Å². The number of hydrogen-bond acceptors (Lipinski definition) is 4. The molecule has 6 nitrogen and oxygen atoms in total. The molecule has 0 aliphatic heterocycles. The van der Waals surface area contributed by atoms with E-state index in [0.717, 1.165) is 0 Å². The van der Waals surface area contributed by atoms with E-state index in [0.29, 0.717) is 0 Å². The largest absolute Gasteiger partial charge is 0.478 e. The van der Waals surface area contributed by atoms with Crippen LogP contribution in [0.15, 0.2) is 18.2 Å². The Labute approximate surface area is 96.1 Å². The number of carboxylic acid groups (broad SMARTS) is 1. The molecule has 1 amide bonds. The Balaban J connectivity index is 2.82. The Hall–Kier alpha value is -1.95. The van der Waals surface area contributed by atoms with Gasteiger partial charge in [-0.25, -0.2) is 15.0 Å². The molecule has 0 aromatic heterocycles. The zero-order valence-electron chi connectivity index (χ0n) is 8.28. The van der Waals surface area contributed by atoms with E-state index < -0.39 is 12.1 Å². The molecule has 0 aliphatic carbocycles. The van der Waals surface area contributed by atoms with Gasteiger partial charge in [-0.15, -0.1) is 0 Å². The van der Waals surface area contributed by atoms with Crippen LogP contribution in [0.2, 0.25) is 5.02 Å². The van der Waals surface area contributed by atoms with Gasteiger partial charge in [0, 0.05) is 0 Å². The third-order valence-corrected chi connectivity index (χ3v) is 2.03. The van der Waals surface area contributed by atoms with E-state index in [1.165, 1.54) is 25.3 Å². The molecule has 0 fully saturated rings. The summed E-state index contributed by atoms with van der Waals surface area (Å²) >= 11 is 5.78. The number of hydrazine groups is 1. The fourth-order valence-electron chi connectivity index (χ4n) is 0.923. The highest BCUT2D eigenvalue weighted by Crippen LogP contribution is 2.22. The highest BCUT2D eigenvalue weighted by molar-refractivity contribution is 6.33. The smallest absolute Gasteiger partial charge is 0.425 e. The van der Waals surface area contributed by atoms with Crippen LogP contribution in [-0.2, 0) is 4.74 Å². The number of carbonyl (C=O) groups is 2. The number of anilines is 1. The highest BCUT2D eigenvalue weighted by Gasteiger charge is 2.07. The average Bonchev–Trinajstić information content (AvgIpc) is 2.27. The summed E-state index contributed by atoms with van der Waals surface area (Å²) < 4.78 is 4.32. The van der Waals surface area contributed by atoms with Crippen molar-refractivity contribution in [1.82, 2.24) is 5.43 Å². The van der Waals surface area contributed by atoms with Crippen molar-refractivity contribution < 1.29 is 19.4 Å². The van der Waals surface area contributed by atoms with Gasteiger partial charge in [-0.2, -0.15) is 0 Å². The molecular weight excluding hydrogens is 236 g/mol. The minimum absolute atomic E-state index is 0.0542. The quantitative estimate of drug-likeness (QED) is 0.705. The molecule has 0 unspecified atom stereocenters. The predicted molar refractivity (Wildman–Crippen MR) is 57.6 cm³/mol. The van der Waals surface area contributed by atoms with E-state index >= 15 is 0 Å². The lowest BCUT2D eigenvalue weighted by molar-refractivity contribution is 0.0697.